The fourth-order valence-electron chi connectivity index (χ4n) is 1.33. The van der Waals surface area contributed by atoms with Crippen molar-refractivity contribution in [2.24, 2.45) is 0 Å². The number of carbonyl (C=O) groups excluding carboxylic acids is 2. The van der Waals surface area contributed by atoms with Gasteiger partial charge in [0.2, 0.25) is 0 Å². The molecule has 0 saturated heterocycles. The van der Waals surface area contributed by atoms with Gasteiger partial charge in [-0.25, -0.2) is 4.31 Å². The zero-order valence-corrected chi connectivity index (χ0v) is 7.80. The average Bonchev–Trinajstić information content (AvgIpc) is 2.41. The van der Waals surface area contributed by atoms with Crippen LogP contribution in [-0.2, 0) is 0 Å². The third-order valence-corrected chi connectivity index (χ3v) is 2.64. The molecule has 0 bridgehead atoms. The molecule has 13 heavy (non-hydrogen) atoms. The molecule has 0 aromatic heterocycles. The summed E-state index contributed by atoms with van der Waals surface area (Å²) in [4.78, 5) is 23.0. The third kappa shape index (κ3) is 1.06. The summed E-state index contributed by atoms with van der Waals surface area (Å²) in [6.07, 6.45) is 1.71. The SMILES string of the molecule is CSN1C(=O)c2ccccc2C1=O. The number of carbonyl (C=O) groups is 2. The largest absolute Gasteiger partial charge is 0.271 e. The predicted octanol–water partition coefficient (Wildman–Crippen LogP) is 1.56. The normalized spacial score (nSPS) is 15.0. The van der Waals surface area contributed by atoms with Crippen LogP contribution in [0.1, 0.15) is 20.7 Å². The molecule has 0 spiro atoms. The van der Waals surface area contributed by atoms with E-state index < -0.39 is 0 Å². The second-order valence-electron chi connectivity index (χ2n) is 2.63. The van der Waals surface area contributed by atoms with E-state index in [1.54, 1.807) is 30.5 Å². The maximum atomic E-state index is 11.5. The van der Waals surface area contributed by atoms with Crippen LogP contribution in [0.4, 0.5) is 0 Å². The smallest absolute Gasteiger partial charge is 0.268 e. The Morgan fingerprint density at radius 2 is 1.54 bits per heavy atom. The lowest BCUT2D eigenvalue weighted by Crippen LogP contribution is -2.21. The first kappa shape index (κ1) is 8.31. The van der Waals surface area contributed by atoms with Gasteiger partial charge in [-0.15, -0.1) is 0 Å². The number of nitrogens with zero attached hydrogens (tertiary/aromatic N) is 1. The highest BCUT2D eigenvalue weighted by Gasteiger charge is 2.34. The van der Waals surface area contributed by atoms with Crippen LogP contribution in [0.3, 0.4) is 0 Å². The quantitative estimate of drug-likeness (QED) is 0.501. The fraction of sp³-hybridized carbons (Fsp3) is 0.111. The Morgan fingerprint density at radius 1 is 1.08 bits per heavy atom. The molecule has 1 aliphatic rings. The Kier molecular flexibility index (Phi) is 1.84. The number of imide groups is 1. The number of fused-ring (bicyclic) bond motifs is 1. The standard InChI is InChI=1S/C9H7NO2S/c1-13-10-8(11)6-4-2-3-5-7(6)9(10)12/h2-5H,1H3. The Hall–Kier alpha value is -1.29. The van der Waals surface area contributed by atoms with Crippen LogP contribution < -0.4 is 0 Å². The second kappa shape index (κ2) is 2.88. The van der Waals surface area contributed by atoms with Gasteiger partial charge in [-0.1, -0.05) is 12.1 Å². The first-order valence-electron chi connectivity index (χ1n) is 3.77. The van der Waals surface area contributed by atoms with Gasteiger partial charge < -0.3 is 0 Å². The molecule has 0 N–H and O–H groups in total. The van der Waals surface area contributed by atoms with Gasteiger partial charge >= 0.3 is 0 Å². The number of amides is 2. The van der Waals surface area contributed by atoms with Crippen LogP contribution in [0, 0.1) is 0 Å². The topological polar surface area (TPSA) is 37.4 Å². The van der Waals surface area contributed by atoms with Crippen LogP contribution in [0.5, 0.6) is 0 Å². The molecule has 66 valence electrons. The van der Waals surface area contributed by atoms with Gasteiger partial charge in [0, 0.05) is 6.26 Å². The van der Waals surface area contributed by atoms with Gasteiger partial charge in [0.1, 0.15) is 0 Å². The Balaban J connectivity index is 2.57. The summed E-state index contributed by atoms with van der Waals surface area (Å²) < 4.78 is 1.17. The molecule has 0 radical (unpaired) electrons. The van der Waals surface area contributed by atoms with E-state index in [2.05, 4.69) is 0 Å². The highest BCUT2D eigenvalue weighted by atomic mass is 32.2. The van der Waals surface area contributed by atoms with Gasteiger partial charge in [0.05, 0.1) is 11.1 Å². The van der Waals surface area contributed by atoms with Gasteiger partial charge in [-0.3, -0.25) is 9.59 Å². The van der Waals surface area contributed by atoms with E-state index in [-0.39, 0.29) is 11.8 Å². The predicted molar refractivity (Wildman–Crippen MR) is 50.5 cm³/mol. The first-order chi connectivity index (χ1) is 6.25. The van der Waals surface area contributed by atoms with Crippen molar-refractivity contribution in [2.75, 3.05) is 6.26 Å². The third-order valence-electron chi connectivity index (χ3n) is 1.94. The molecule has 0 unspecified atom stereocenters. The van der Waals surface area contributed by atoms with Crippen molar-refractivity contribution < 1.29 is 9.59 Å². The lowest BCUT2D eigenvalue weighted by atomic mass is 10.1. The summed E-state index contributed by atoms with van der Waals surface area (Å²) in [7, 11) is 0. The van der Waals surface area contributed by atoms with Crippen molar-refractivity contribution in [3.05, 3.63) is 35.4 Å². The number of benzene rings is 1. The minimum absolute atomic E-state index is 0.215. The molecule has 0 saturated carbocycles. The van der Waals surface area contributed by atoms with Gasteiger partial charge in [0.15, 0.2) is 0 Å². The zero-order valence-electron chi connectivity index (χ0n) is 6.98. The molecule has 2 rings (SSSR count). The molecular formula is C9H7NO2S. The summed E-state index contributed by atoms with van der Waals surface area (Å²) in [5.41, 5.74) is 1.00. The average molecular weight is 193 g/mol. The summed E-state index contributed by atoms with van der Waals surface area (Å²) >= 11 is 1.14. The fourth-order valence-corrected chi connectivity index (χ4v) is 1.86. The molecule has 1 heterocycles. The van der Waals surface area contributed by atoms with E-state index in [1.807, 2.05) is 0 Å². The molecule has 1 aliphatic heterocycles. The molecule has 0 atom stereocenters. The maximum Gasteiger partial charge on any atom is 0.271 e. The van der Waals surface area contributed by atoms with E-state index >= 15 is 0 Å². The summed E-state index contributed by atoms with van der Waals surface area (Å²) in [5.74, 6) is -0.429. The lowest BCUT2D eigenvalue weighted by Gasteiger charge is -2.06. The Morgan fingerprint density at radius 3 is 1.92 bits per heavy atom. The monoisotopic (exact) mass is 193 g/mol. The number of hydrogen-bond acceptors (Lipinski definition) is 3. The first-order valence-corrected chi connectivity index (χ1v) is 4.96. The van der Waals surface area contributed by atoms with Crippen molar-refractivity contribution in [1.82, 2.24) is 4.31 Å². The molecule has 4 heteroatoms. The van der Waals surface area contributed by atoms with Crippen LogP contribution in [0.25, 0.3) is 0 Å². The highest BCUT2D eigenvalue weighted by molar-refractivity contribution is 7.97. The maximum absolute atomic E-state index is 11.5. The molecule has 0 aliphatic carbocycles. The van der Waals surface area contributed by atoms with Crippen molar-refractivity contribution in [1.29, 1.82) is 0 Å². The van der Waals surface area contributed by atoms with Gasteiger partial charge in [0.25, 0.3) is 11.8 Å². The highest BCUT2D eigenvalue weighted by Crippen LogP contribution is 2.26. The molecule has 0 fully saturated rings. The van der Waals surface area contributed by atoms with E-state index in [0.29, 0.717) is 11.1 Å². The van der Waals surface area contributed by atoms with Crippen LogP contribution >= 0.6 is 11.9 Å². The summed E-state index contributed by atoms with van der Waals surface area (Å²) in [5, 5.41) is 0. The number of rotatable bonds is 1. The van der Waals surface area contributed by atoms with Crippen molar-refractivity contribution in [2.45, 2.75) is 0 Å². The van der Waals surface area contributed by atoms with Crippen molar-refractivity contribution in [3.8, 4) is 0 Å². The Labute approximate surface area is 79.9 Å². The number of hydrogen-bond donors (Lipinski definition) is 0. The molecule has 3 nitrogen and oxygen atoms in total. The minimum atomic E-state index is -0.215. The van der Waals surface area contributed by atoms with Crippen LogP contribution in [-0.4, -0.2) is 22.4 Å². The summed E-state index contributed by atoms with van der Waals surface area (Å²) in [6.45, 7) is 0. The lowest BCUT2D eigenvalue weighted by molar-refractivity contribution is 0.0777. The molecule has 1 aromatic carbocycles. The van der Waals surface area contributed by atoms with E-state index in [9.17, 15) is 9.59 Å². The molecule has 1 aromatic rings. The summed E-state index contributed by atoms with van der Waals surface area (Å²) in [6, 6.07) is 6.86. The molecular weight excluding hydrogens is 186 g/mol. The zero-order chi connectivity index (χ0) is 9.42. The van der Waals surface area contributed by atoms with Crippen molar-refractivity contribution in [3.63, 3.8) is 0 Å². The van der Waals surface area contributed by atoms with Crippen LogP contribution in [0.15, 0.2) is 24.3 Å². The minimum Gasteiger partial charge on any atom is -0.268 e. The van der Waals surface area contributed by atoms with Crippen molar-refractivity contribution >= 4 is 23.8 Å². The van der Waals surface area contributed by atoms with E-state index in [1.165, 1.54) is 4.31 Å². The Bertz CT molecular complexity index is 354. The van der Waals surface area contributed by atoms with Gasteiger partial charge in [-0.2, -0.15) is 0 Å². The van der Waals surface area contributed by atoms with E-state index in [4.69, 9.17) is 0 Å². The van der Waals surface area contributed by atoms with E-state index in [0.717, 1.165) is 11.9 Å². The van der Waals surface area contributed by atoms with Crippen LogP contribution in [0.2, 0.25) is 0 Å². The van der Waals surface area contributed by atoms with Gasteiger partial charge in [-0.05, 0) is 24.1 Å². The second-order valence-corrected chi connectivity index (χ2v) is 3.36. The molecule has 2 amide bonds.